The highest BCUT2D eigenvalue weighted by Crippen LogP contribution is 2.23. The molecule has 0 heterocycles. The van der Waals surface area contributed by atoms with Gasteiger partial charge < -0.3 is 10.1 Å². The van der Waals surface area contributed by atoms with E-state index in [2.05, 4.69) is 5.32 Å². The molecular weight excluding hydrogens is 255 g/mol. The molecule has 0 fully saturated rings. The SMILES string of the molecule is CCNC(CCC(F)(F)F)Cc1cccc(OC)c1. The summed E-state index contributed by atoms with van der Waals surface area (Å²) in [6, 6.07) is 7.26. The second kappa shape index (κ2) is 7.38. The van der Waals surface area contributed by atoms with Crippen LogP contribution in [0.2, 0.25) is 0 Å². The zero-order chi connectivity index (χ0) is 14.3. The molecule has 1 atom stereocenters. The van der Waals surface area contributed by atoms with E-state index in [1.54, 1.807) is 7.11 Å². The summed E-state index contributed by atoms with van der Waals surface area (Å²) in [6.07, 6.45) is -4.19. The van der Waals surface area contributed by atoms with Crippen molar-refractivity contribution in [2.24, 2.45) is 0 Å². The van der Waals surface area contributed by atoms with E-state index in [1.807, 2.05) is 31.2 Å². The van der Waals surface area contributed by atoms with Gasteiger partial charge in [-0.15, -0.1) is 0 Å². The Morgan fingerprint density at radius 2 is 2.05 bits per heavy atom. The summed E-state index contributed by atoms with van der Waals surface area (Å²) in [5.41, 5.74) is 0.979. The second-order valence-corrected chi connectivity index (χ2v) is 4.46. The van der Waals surface area contributed by atoms with Gasteiger partial charge in [-0.25, -0.2) is 0 Å². The normalized spacial score (nSPS) is 13.3. The molecule has 1 aromatic rings. The van der Waals surface area contributed by atoms with Gasteiger partial charge in [-0.3, -0.25) is 0 Å². The predicted octanol–water partition coefficient (Wildman–Crippen LogP) is 3.56. The Morgan fingerprint density at radius 3 is 2.63 bits per heavy atom. The molecule has 108 valence electrons. The maximum atomic E-state index is 12.3. The minimum absolute atomic E-state index is 0.0918. The van der Waals surface area contributed by atoms with E-state index in [1.165, 1.54) is 0 Å². The van der Waals surface area contributed by atoms with Gasteiger partial charge in [0.1, 0.15) is 5.75 Å². The first-order valence-electron chi connectivity index (χ1n) is 6.37. The molecule has 19 heavy (non-hydrogen) atoms. The van der Waals surface area contributed by atoms with Crippen molar-refractivity contribution in [1.29, 1.82) is 0 Å². The first-order valence-corrected chi connectivity index (χ1v) is 6.37. The van der Waals surface area contributed by atoms with Crippen LogP contribution in [-0.2, 0) is 6.42 Å². The summed E-state index contributed by atoms with van der Waals surface area (Å²) in [7, 11) is 1.57. The molecule has 0 aliphatic heterocycles. The second-order valence-electron chi connectivity index (χ2n) is 4.46. The summed E-state index contributed by atoms with van der Waals surface area (Å²) < 4.78 is 41.9. The first-order chi connectivity index (χ1) is 8.94. The molecule has 0 saturated heterocycles. The van der Waals surface area contributed by atoms with Gasteiger partial charge in [0.25, 0.3) is 0 Å². The van der Waals surface area contributed by atoms with Crippen molar-refractivity contribution in [2.75, 3.05) is 13.7 Å². The summed E-state index contributed by atoms with van der Waals surface area (Å²) in [5.74, 6) is 0.726. The number of hydrogen-bond acceptors (Lipinski definition) is 2. The zero-order valence-electron chi connectivity index (χ0n) is 11.3. The molecule has 0 bridgehead atoms. The van der Waals surface area contributed by atoms with E-state index in [4.69, 9.17) is 4.74 Å². The van der Waals surface area contributed by atoms with E-state index in [-0.39, 0.29) is 12.5 Å². The Hall–Kier alpha value is -1.23. The van der Waals surface area contributed by atoms with Crippen molar-refractivity contribution in [2.45, 2.75) is 38.4 Å². The summed E-state index contributed by atoms with van der Waals surface area (Å²) in [6.45, 7) is 2.55. The predicted molar refractivity (Wildman–Crippen MR) is 69.5 cm³/mol. The highest BCUT2D eigenvalue weighted by molar-refractivity contribution is 5.28. The molecule has 0 aliphatic carbocycles. The van der Waals surface area contributed by atoms with Crippen LogP contribution in [-0.4, -0.2) is 25.9 Å². The molecule has 1 rings (SSSR count). The lowest BCUT2D eigenvalue weighted by Gasteiger charge is -2.19. The molecule has 2 nitrogen and oxygen atoms in total. The maximum absolute atomic E-state index is 12.3. The van der Waals surface area contributed by atoms with Crippen molar-refractivity contribution in [3.63, 3.8) is 0 Å². The number of nitrogens with one attached hydrogen (secondary N) is 1. The van der Waals surface area contributed by atoms with E-state index < -0.39 is 12.6 Å². The van der Waals surface area contributed by atoms with Gasteiger partial charge >= 0.3 is 6.18 Å². The van der Waals surface area contributed by atoms with Crippen molar-refractivity contribution in [3.05, 3.63) is 29.8 Å². The van der Waals surface area contributed by atoms with Gasteiger partial charge in [-0.1, -0.05) is 19.1 Å². The van der Waals surface area contributed by atoms with Gasteiger partial charge in [0.05, 0.1) is 7.11 Å². The molecule has 0 spiro atoms. The minimum Gasteiger partial charge on any atom is -0.497 e. The van der Waals surface area contributed by atoms with E-state index >= 15 is 0 Å². The van der Waals surface area contributed by atoms with E-state index in [9.17, 15) is 13.2 Å². The summed E-state index contributed by atoms with van der Waals surface area (Å²) in [5, 5.41) is 3.10. The van der Waals surface area contributed by atoms with E-state index in [0.29, 0.717) is 13.0 Å². The third kappa shape index (κ3) is 6.47. The van der Waals surface area contributed by atoms with Crippen LogP contribution in [0.5, 0.6) is 5.75 Å². The van der Waals surface area contributed by atoms with Gasteiger partial charge in [0, 0.05) is 12.5 Å². The maximum Gasteiger partial charge on any atom is 0.389 e. The number of methoxy groups -OCH3 is 1. The highest BCUT2D eigenvalue weighted by Gasteiger charge is 2.28. The number of ether oxygens (including phenoxy) is 1. The smallest absolute Gasteiger partial charge is 0.389 e. The van der Waals surface area contributed by atoms with E-state index in [0.717, 1.165) is 11.3 Å². The first kappa shape index (κ1) is 15.8. The number of halogens is 3. The quantitative estimate of drug-likeness (QED) is 0.821. The Bertz CT molecular complexity index is 379. The molecule has 0 aliphatic rings. The third-order valence-corrected chi connectivity index (χ3v) is 2.89. The van der Waals surface area contributed by atoms with Gasteiger partial charge in [0.2, 0.25) is 0 Å². The Kier molecular flexibility index (Phi) is 6.15. The molecule has 0 saturated carbocycles. The Balaban J connectivity index is 2.61. The number of rotatable bonds is 7. The van der Waals surface area contributed by atoms with Gasteiger partial charge in [-0.05, 0) is 37.1 Å². The van der Waals surface area contributed by atoms with Crippen LogP contribution < -0.4 is 10.1 Å². The third-order valence-electron chi connectivity index (χ3n) is 2.89. The Morgan fingerprint density at radius 1 is 1.32 bits per heavy atom. The van der Waals surface area contributed by atoms with Gasteiger partial charge in [0.15, 0.2) is 0 Å². The van der Waals surface area contributed by atoms with Crippen LogP contribution in [0.3, 0.4) is 0 Å². The average Bonchev–Trinajstić information content (AvgIpc) is 2.35. The molecule has 5 heteroatoms. The van der Waals surface area contributed by atoms with Crippen LogP contribution in [0.15, 0.2) is 24.3 Å². The lowest BCUT2D eigenvalue weighted by Crippen LogP contribution is -2.32. The van der Waals surface area contributed by atoms with Crippen LogP contribution >= 0.6 is 0 Å². The van der Waals surface area contributed by atoms with Crippen molar-refractivity contribution < 1.29 is 17.9 Å². The standard InChI is InChI=1S/C14H20F3NO/c1-3-18-12(7-8-14(15,16)17)9-11-5-4-6-13(10-11)19-2/h4-6,10,12,18H,3,7-9H2,1-2H3. The number of likely N-dealkylation sites (N-methyl/N-ethyl adjacent to an activating group) is 1. The van der Waals surface area contributed by atoms with Crippen LogP contribution in [0, 0.1) is 0 Å². The van der Waals surface area contributed by atoms with Crippen LogP contribution in [0.25, 0.3) is 0 Å². The fraction of sp³-hybridized carbons (Fsp3) is 0.571. The zero-order valence-corrected chi connectivity index (χ0v) is 11.3. The molecule has 0 radical (unpaired) electrons. The van der Waals surface area contributed by atoms with Gasteiger partial charge in [-0.2, -0.15) is 13.2 Å². The molecular formula is C14H20F3NO. The number of hydrogen-bond donors (Lipinski definition) is 1. The number of alkyl halides is 3. The van der Waals surface area contributed by atoms with Crippen molar-refractivity contribution in [1.82, 2.24) is 5.32 Å². The molecule has 0 aromatic heterocycles. The fourth-order valence-corrected chi connectivity index (χ4v) is 1.99. The monoisotopic (exact) mass is 275 g/mol. The average molecular weight is 275 g/mol. The summed E-state index contributed by atoms with van der Waals surface area (Å²) in [4.78, 5) is 0. The largest absolute Gasteiger partial charge is 0.497 e. The van der Waals surface area contributed by atoms with Crippen LogP contribution in [0.1, 0.15) is 25.3 Å². The Labute approximate surface area is 112 Å². The van der Waals surface area contributed by atoms with Crippen molar-refractivity contribution in [3.8, 4) is 5.75 Å². The molecule has 1 N–H and O–H groups in total. The topological polar surface area (TPSA) is 21.3 Å². The van der Waals surface area contributed by atoms with Crippen molar-refractivity contribution >= 4 is 0 Å². The highest BCUT2D eigenvalue weighted by atomic mass is 19.4. The number of benzene rings is 1. The lowest BCUT2D eigenvalue weighted by atomic mass is 10.0. The minimum atomic E-state index is -4.10. The molecule has 0 amide bonds. The fourth-order valence-electron chi connectivity index (χ4n) is 1.99. The molecule has 1 unspecified atom stereocenters. The summed E-state index contributed by atoms with van der Waals surface area (Å²) >= 11 is 0. The molecule has 1 aromatic carbocycles. The lowest BCUT2D eigenvalue weighted by molar-refractivity contribution is -0.136. The van der Waals surface area contributed by atoms with Crippen LogP contribution in [0.4, 0.5) is 13.2 Å².